The van der Waals surface area contributed by atoms with E-state index in [0.29, 0.717) is 23.2 Å². The van der Waals surface area contributed by atoms with Gasteiger partial charge in [0.15, 0.2) is 4.34 Å². The smallest absolute Gasteiger partial charge is 0.314 e. The van der Waals surface area contributed by atoms with Crippen LogP contribution in [0.5, 0.6) is 0 Å². The van der Waals surface area contributed by atoms with Gasteiger partial charge in [-0.3, -0.25) is 4.79 Å². The Bertz CT molecular complexity index is 850. The zero-order chi connectivity index (χ0) is 17.6. The third-order valence-electron chi connectivity index (χ3n) is 4.18. The van der Waals surface area contributed by atoms with E-state index in [1.54, 1.807) is 28.4 Å². The molecule has 25 heavy (non-hydrogen) atoms. The molecule has 2 heterocycles. The van der Waals surface area contributed by atoms with Crippen LogP contribution in [0.3, 0.4) is 0 Å². The maximum Gasteiger partial charge on any atom is 0.331 e. The number of halogens is 1. The molecular formula is C17H16ClN3O2S2. The van der Waals surface area contributed by atoms with E-state index in [0.717, 1.165) is 27.8 Å². The quantitative estimate of drug-likeness (QED) is 0.705. The largest absolute Gasteiger partial charge is 0.331 e. The minimum absolute atomic E-state index is 0.155. The molecule has 0 bridgehead atoms. The summed E-state index contributed by atoms with van der Waals surface area (Å²) in [6, 6.07) is 5.04. The van der Waals surface area contributed by atoms with Crippen LogP contribution in [-0.4, -0.2) is 34.9 Å². The van der Waals surface area contributed by atoms with Gasteiger partial charge in [0.25, 0.3) is 5.91 Å². The number of urea groups is 1. The second-order valence-electron chi connectivity index (χ2n) is 6.31. The molecule has 1 aromatic heterocycles. The average molecular weight is 394 g/mol. The Hall–Kier alpha value is -1.57. The van der Waals surface area contributed by atoms with Crippen molar-refractivity contribution in [3.63, 3.8) is 0 Å². The summed E-state index contributed by atoms with van der Waals surface area (Å²) in [4.78, 5) is 33.0. The highest BCUT2D eigenvalue weighted by molar-refractivity contribution is 8.01. The summed E-state index contributed by atoms with van der Waals surface area (Å²) in [5, 5.41) is 2.50. The van der Waals surface area contributed by atoms with Gasteiger partial charge in [0.1, 0.15) is 6.54 Å². The first-order valence-electron chi connectivity index (χ1n) is 8.02. The summed E-state index contributed by atoms with van der Waals surface area (Å²) < 4.78 is 0.913. The van der Waals surface area contributed by atoms with Gasteiger partial charge >= 0.3 is 6.03 Å². The lowest BCUT2D eigenvalue weighted by molar-refractivity contribution is -0.116. The molecule has 8 heteroatoms. The molecule has 1 aliphatic heterocycles. The highest BCUT2D eigenvalue weighted by Gasteiger charge is 2.39. The topological polar surface area (TPSA) is 53.5 Å². The van der Waals surface area contributed by atoms with E-state index in [1.807, 2.05) is 18.4 Å². The van der Waals surface area contributed by atoms with E-state index in [1.165, 1.54) is 16.7 Å². The number of benzene rings is 1. The van der Waals surface area contributed by atoms with Crippen molar-refractivity contribution in [3.8, 4) is 0 Å². The van der Waals surface area contributed by atoms with Crippen LogP contribution in [-0.2, 0) is 4.79 Å². The highest BCUT2D eigenvalue weighted by atomic mass is 35.5. The summed E-state index contributed by atoms with van der Waals surface area (Å²) in [6.07, 6.45) is 2.29. The van der Waals surface area contributed by atoms with Gasteiger partial charge in [0.2, 0.25) is 0 Å². The molecule has 130 valence electrons. The van der Waals surface area contributed by atoms with Crippen molar-refractivity contribution < 1.29 is 9.59 Å². The second kappa shape index (κ2) is 6.63. The molecular weight excluding hydrogens is 378 g/mol. The highest BCUT2D eigenvalue weighted by Crippen LogP contribution is 2.38. The predicted molar refractivity (Wildman–Crippen MR) is 99.6 cm³/mol. The van der Waals surface area contributed by atoms with Crippen LogP contribution >= 0.6 is 34.7 Å². The van der Waals surface area contributed by atoms with Crippen LogP contribution in [0.25, 0.3) is 0 Å². The van der Waals surface area contributed by atoms with Crippen molar-refractivity contribution >= 4 is 52.3 Å². The van der Waals surface area contributed by atoms with E-state index in [4.69, 9.17) is 11.6 Å². The average Bonchev–Trinajstić information content (AvgIpc) is 3.22. The predicted octanol–water partition coefficient (Wildman–Crippen LogP) is 4.43. The van der Waals surface area contributed by atoms with Crippen molar-refractivity contribution in [2.24, 2.45) is 5.92 Å². The third-order valence-corrected chi connectivity index (χ3v) is 6.74. The number of carbonyl (C=O) groups excluding carboxylic acids is 2. The number of hydrogen-bond donors (Lipinski definition) is 0. The number of thiazole rings is 1. The van der Waals surface area contributed by atoms with E-state index in [2.05, 4.69) is 4.98 Å². The summed E-state index contributed by atoms with van der Waals surface area (Å²) in [6.45, 7) is 2.78. The number of aromatic nitrogens is 1. The number of hydrogen-bond acceptors (Lipinski definition) is 5. The molecule has 5 nitrogen and oxygen atoms in total. The van der Waals surface area contributed by atoms with E-state index < -0.39 is 0 Å². The zero-order valence-electron chi connectivity index (χ0n) is 13.6. The fraction of sp³-hybridized carbons (Fsp3) is 0.353. The number of anilines is 1. The molecule has 2 fully saturated rings. The molecule has 3 amide bonds. The standard InChI is InChI=1S/C17H16ClN3O2S2/c1-10-9-24-16(19-10)25-14-5-4-12(6-13(14)18)21-15(22)8-20(17(21)23)7-11-2-3-11/h4-6,9,11H,2-3,7-8H2,1H3. The van der Waals surface area contributed by atoms with Gasteiger partial charge in [-0.1, -0.05) is 23.4 Å². The van der Waals surface area contributed by atoms with Crippen LogP contribution in [0.4, 0.5) is 10.5 Å². The fourth-order valence-electron chi connectivity index (χ4n) is 2.74. The summed E-state index contributed by atoms with van der Waals surface area (Å²) in [5.41, 5.74) is 1.50. The van der Waals surface area contributed by atoms with Gasteiger partial charge in [-0.05, 0) is 43.9 Å². The van der Waals surface area contributed by atoms with Crippen molar-refractivity contribution in [1.29, 1.82) is 0 Å². The SMILES string of the molecule is Cc1csc(Sc2ccc(N3C(=O)CN(CC4CC4)C3=O)cc2Cl)n1. The summed E-state index contributed by atoms with van der Waals surface area (Å²) >= 11 is 9.43. The lowest BCUT2D eigenvalue weighted by atomic mass is 10.3. The number of carbonyl (C=O) groups is 2. The van der Waals surface area contributed by atoms with Gasteiger partial charge in [0.05, 0.1) is 10.7 Å². The molecule has 1 saturated heterocycles. The molecule has 2 aromatic rings. The summed E-state index contributed by atoms with van der Waals surface area (Å²) in [5.74, 6) is 0.360. The Balaban J connectivity index is 1.53. The normalized spacial score (nSPS) is 17.7. The minimum Gasteiger partial charge on any atom is -0.314 e. The molecule has 0 spiro atoms. The third kappa shape index (κ3) is 3.54. The first-order chi connectivity index (χ1) is 12.0. The van der Waals surface area contributed by atoms with Gasteiger partial charge in [-0.2, -0.15) is 0 Å². The Kier molecular flexibility index (Phi) is 4.47. The molecule has 0 radical (unpaired) electrons. The molecule has 4 rings (SSSR count). The number of amides is 3. The lowest BCUT2D eigenvalue weighted by Gasteiger charge is -2.17. The molecule has 0 N–H and O–H groups in total. The van der Waals surface area contributed by atoms with Crippen molar-refractivity contribution in [3.05, 3.63) is 34.3 Å². The Morgan fingerprint density at radius 1 is 1.36 bits per heavy atom. The van der Waals surface area contributed by atoms with Crippen LogP contribution < -0.4 is 4.90 Å². The molecule has 1 aromatic carbocycles. The number of aryl methyl sites for hydroxylation is 1. The first kappa shape index (κ1) is 16.9. The van der Waals surface area contributed by atoms with Gasteiger partial charge in [0, 0.05) is 22.5 Å². The van der Waals surface area contributed by atoms with Gasteiger partial charge < -0.3 is 4.90 Å². The van der Waals surface area contributed by atoms with Crippen LogP contribution in [0.1, 0.15) is 18.5 Å². The molecule has 2 aliphatic rings. The maximum absolute atomic E-state index is 12.5. The van der Waals surface area contributed by atoms with E-state index >= 15 is 0 Å². The molecule has 0 atom stereocenters. The van der Waals surface area contributed by atoms with E-state index in [9.17, 15) is 9.59 Å². The van der Waals surface area contributed by atoms with Crippen molar-refractivity contribution in [2.75, 3.05) is 18.0 Å². The first-order valence-corrected chi connectivity index (χ1v) is 10.1. The van der Waals surface area contributed by atoms with Gasteiger partial charge in [-0.25, -0.2) is 14.7 Å². The van der Waals surface area contributed by atoms with Crippen LogP contribution in [0.2, 0.25) is 5.02 Å². The summed E-state index contributed by atoms with van der Waals surface area (Å²) in [7, 11) is 0. The maximum atomic E-state index is 12.5. The monoisotopic (exact) mass is 393 g/mol. The molecule has 0 unspecified atom stereocenters. The number of imide groups is 1. The fourth-order valence-corrected chi connectivity index (χ4v) is 4.83. The molecule has 1 saturated carbocycles. The Morgan fingerprint density at radius 2 is 2.16 bits per heavy atom. The van der Waals surface area contributed by atoms with Crippen LogP contribution in [0, 0.1) is 12.8 Å². The number of rotatable bonds is 5. The van der Waals surface area contributed by atoms with Crippen molar-refractivity contribution in [1.82, 2.24) is 9.88 Å². The number of nitrogens with zero attached hydrogens (tertiary/aromatic N) is 3. The zero-order valence-corrected chi connectivity index (χ0v) is 16.0. The van der Waals surface area contributed by atoms with Gasteiger partial charge in [-0.15, -0.1) is 11.3 Å². The Labute approximate surface area is 159 Å². The van der Waals surface area contributed by atoms with Crippen LogP contribution in [0.15, 0.2) is 32.8 Å². The van der Waals surface area contributed by atoms with E-state index in [-0.39, 0.29) is 18.5 Å². The molecule has 1 aliphatic carbocycles. The Morgan fingerprint density at radius 3 is 2.80 bits per heavy atom. The lowest BCUT2D eigenvalue weighted by Crippen LogP contribution is -2.34. The minimum atomic E-state index is -0.246. The second-order valence-corrected chi connectivity index (χ2v) is 8.86. The van der Waals surface area contributed by atoms with Crippen molar-refractivity contribution in [2.45, 2.75) is 29.0 Å².